The molecule has 2 fully saturated rings. The van der Waals surface area contributed by atoms with Gasteiger partial charge in [0.15, 0.2) is 0 Å². The van der Waals surface area contributed by atoms with E-state index in [-0.39, 0.29) is 23.7 Å². The van der Waals surface area contributed by atoms with Crippen LogP contribution in [0.5, 0.6) is 0 Å². The Kier molecular flexibility index (Phi) is 5.06. The summed E-state index contributed by atoms with van der Waals surface area (Å²) < 4.78 is 0. The molecule has 4 nitrogen and oxygen atoms in total. The van der Waals surface area contributed by atoms with Crippen LogP contribution in [0.1, 0.15) is 41.4 Å². The normalized spacial score (nSPS) is 23.6. The van der Waals surface area contributed by atoms with Crippen molar-refractivity contribution in [1.82, 2.24) is 0 Å². The van der Waals surface area contributed by atoms with Crippen LogP contribution in [0.15, 0.2) is 78.9 Å². The molecule has 2 aliphatic rings. The Hall–Kier alpha value is -3.40. The average Bonchev–Trinajstić information content (AvgIpc) is 3.70. The van der Waals surface area contributed by atoms with Crippen LogP contribution in [0.4, 0.5) is 11.4 Å². The van der Waals surface area contributed by atoms with E-state index in [9.17, 15) is 9.59 Å². The molecule has 2 aliphatic carbocycles. The van der Waals surface area contributed by atoms with Crippen molar-refractivity contribution in [3.63, 3.8) is 0 Å². The zero-order chi connectivity index (χ0) is 21.4. The van der Waals surface area contributed by atoms with Gasteiger partial charge >= 0.3 is 0 Å². The zero-order valence-electron chi connectivity index (χ0n) is 17.5. The van der Waals surface area contributed by atoms with Crippen LogP contribution < -0.4 is 10.6 Å². The minimum atomic E-state index is 0.0122. The molecule has 0 heterocycles. The molecule has 0 aliphatic heterocycles. The molecular formula is C27H26N2O2. The molecule has 4 atom stereocenters. The summed E-state index contributed by atoms with van der Waals surface area (Å²) in [7, 11) is 0. The van der Waals surface area contributed by atoms with Crippen molar-refractivity contribution < 1.29 is 9.59 Å². The Balaban J connectivity index is 1.21. The van der Waals surface area contributed by atoms with Gasteiger partial charge in [-0.05, 0) is 60.4 Å². The molecule has 2 amide bonds. The number of aryl methyl sites for hydroxylation is 1. The van der Waals surface area contributed by atoms with Crippen molar-refractivity contribution in [2.45, 2.75) is 31.6 Å². The smallest absolute Gasteiger partial charge is 0.228 e. The van der Waals surface area contributed by atoms with Gasteiger partial charge < -0.3 is 10.6 Å². The first-order valence-electron chi connectivity index (χ1n) is 10.9. The number of hydrogen-bond acceptors (Lipinski definition) is 2. The van der Waals surface area contributed by atoms with Gasteiger partial charge in [-0.15, -0.1) is 0 Å². The highest BCUT2D eigenvalue weighted by atomic mass is 16.2. The van der Waals surface area contributed by atoms with E-state index >= 15 is 0 Å². The molecule has 5 rings (SSSR count). The summed E-state index contributed by atoms with van der Waals surface area (Å²) in [4.78, 5) is 25.5. The van der Waals surface area contributed by atoms with Crippen LogP contribution in [0.2, 0.25) is 0 Å². The molecule has 4 unspecified atom stereocenters. The Bertz CT molecular complexity index is 1110. The Morgan fingerprint density at radius 3 is 1.77 bits per heavy atom. The summed E-state index contributed by atoms with van der Waals surface area (Å²) in [6, 6.07) is 26.1. The molecule has 0 aromatic heterocycles. The van der Waals surface area contributed by atoms with Crippen molar-refractivity contribution in [1.29, 1.82) is 0 Å². The van der Waals surface area contributed by atoms with Crippen molar-refractivity contribution >= 4 is 23.2 Å². The highest BCUT2D eigenvalue weighted by Gasteiger charge is 2.44. The Labute approximate surface area is 182 Å². The number of benzene rings is 3. The van der Waals surface area contributed by atoms with E-state index in [0.717, 1.165) is 29.8 Å². The van der Waals surface area contributed by atoms with Crippen LogP contribution in [0, 0.1) is 18.8 Å². The van der Waals surface area contributed by atoms with E-state index in [1.54, 1.807) is 0 Å². The lowest BCUT2D eigenvalue weighted by Crippen LogP contribution is -2.17. The van der Waals surface area contributed by atoms with Gasteiger partial charge in [-0.1, -0.05) is 66.7 Å². The van der Waals surface area contributed by atoms with Gasteiger partial charge in [-0.25, -0.2) is 0 Å². The third-order valence-electron chi connectivity index (χ3n) is 6.47. The number of nitrogens with one attached hydrogen (secondary N) is 2. The second-order valence-electron chi connectivity index (χ2n) is 8.73. The van der Waals surface area contributed by atoms with E-state index in [2.05, 4.69) is 34.9 Å². The standard InChI is InChI=1S/C27H26N2O2/c1-17-12-13-20(28-26(30)23-15-21(23)18-8-4-2-5-9-18)14-25(17)29-27(31)24-16-22(24)19-10-6-3-7-11-19/h2-14,21-24H,15-16H2,1H3,(H,28,30)(H,29,31). The van der Waals surface area contributed by atoms with Gasteiger partial charge in [0, 0.05) is 23.2 Å². The number of amides is 2. The van der Waals surface area contributed by atoms with Crippen LogP contribution in [-0.4, -0.2) is 11.8 Å². The highest BCUT2D eigenvalue weighted by Crippen LogP contribution is 2.49. The van der Waals surface area contributed by atoms with E-state index < -0.39 is 0 Å². The summed E-state index contributed by atoms with van der Waals surface area (Å²) >= 11 is 0. The third kappa shape index (κ3) is 4.24. The van der Waals surface area contributed by atoms with Gasteiger partial charge in [0.05, 0.1) is 0 Å². The number of rotatable bonds is 6. The van der Waals surface area contributed by atoms with E-state index in [4.69, 9.17) is 0 Å². The number of carbonyl (C=O) groups is 2. The maximum Gasteiger partial charge on any atom is 0.228 e. The molecule has 31 heavy (non-hydrogen) atoms. The van der Waals surface area contributed by atoms with E-state index in [0.29, 0.717) is 11.8 Å². The minimum absolute atomic E-state index is 0.0122. The number of anilines is 2. The lowest BCUT2D eigenvalue weighted by molar-refractivity contribution is -0.118. The van der Waals surface area contributed by atoms with Crippen LogP contribution in [-0.2, 0) is 9.59 Å². The summed E-state index contributed by atoms with van der Waals surface area (Å²) in [5.41, 5.74) is 4.91. The van der Waals surface area contributed by atoms with Crippen LogP contribution in [0.25, 0.3) is 0 Å². The largest absolute Gasteiger partial charge is 0.326 e. The van der Waals surface area contributed by atoms with Gasteiger partial charge in [-0.3, -0.25) is 9.59 Å². The second-order valence-corrected chi connectivity index (χ2v) is 8.73. The maximum absolute atomic E-state index is 12.8. The SMILES string of the molecule is Cc1ccc(NC(=O)C2CC2c2ccccc2)cc1NC(=O)C1CC1c1ccccc1. The van der Waals surface area contributed by atoms with Gasteiger partial charge in [0.1, 0.15) is 0 Å². The fraction of sp³-hybridized carbons (Fsp3) is 0.259. The molecule has 0 radical (unpaired) electrons. The molecule has 0 bridgehead atoms. The second kappa shape index (κ2) is 8.03. The first-order chi connectivity index (χ1) is 15.1. The van der Waals surface area contributed by atoms with E-state index in [1.165, 1.54) is 11.1 Å². The molecule has 0 saturated heterocycles. The first-order valence-corrected chi connectivity index (χ1v) is 10.9. The van der Waals surface area contributed by atoms with Crippen LogP contribution in [0.3, 0.4) is 0 Å². The zero-order valence-corrected chi connectivity index (χ0v) is 17.5. The summed E-state index contributed by atoms with van der Waals surface area (Å²) in [6.45, 7) is 1.97. The third-order valence-corrected chi connectivity index (χ3v) is 6.47. The molecule has 0 spiro atoms. The molecular weight excluding hydrogens is 384 g/mol. The van der Waals surface area contributed by atoms with Crippen molar-refractivity contribution in [3.05, 3.63) is 95.6 Å². The highest BCUT2D eigenvalue weighted by molar-refractivity contribution is 5.98. The molecule has 2 N–H and O–H groups in total. The average molecular weight is 411 g/mol. The summed E-state index contributed by atoms with van der Waals surface area (Å²) in [6.07, 6.45) is 1.77. The number of carbonyl (C=O) groups excluding carboxylic acids is 2. The van der Waals surface area contributed by atoms with Crippen molar-refractivity contribution in [2.24, 2.45) is 11.8 Å². The fourth-order valence-electron chi connectivity index (χ4n) is 4.40. The molecule has 3 aromatic rings. The fourth-order valence-corrected chi connectivity index (χ4v) is 4.40. The Morgan fingerprint density at radius 1 is 0.710 bits per heavy atom. The quantitative estimate of drug-likeness (QED) is 0.565. The summed E-state index contributed by atoms with van der Waals surface area (Å²) in [5.74, 6) is 0.718. The molecule has 2 saturated carbocycles. The predicted molar refractivity (Wildman–Crippen MR) is 123 cm³/mol. The van der Waals surface area contributed by atoms with Crippen molar-refractivity contribution in [2.75, 3.05) is 10.6 Å². The van der Waals surface area contributed by atoms with Gasteiger partial charge in [-0.2, -0.15) is 0 Å². The van der Waals surface area contributed by atoms with Gasteiger partial charge in [0.2, 0.25) is 11.8 Å². The first kappa shape index (κ1) is 19.6. The van der Waals surface area contributed by atoms with Crippen molar-refractivity contribution in [3.8, 4) is 0 Å². The lowest BCUT2D eigenvalue weighted by atomic mass is 10.1. The van der Waals surface area contributed by atoms with Gasteiger partial charge in [0.25, 0.3) is 0 Å². The Morgan fingerprint density at radius 2 is 1.23 bits per heavy atom. The molecule has 156 valence electrons. The van der Waals surface area contributed by atoms with Crippen LogP contribution >= 0.6 is 0 Å². The predicted octanol–water partition coefficient (Wildman–Crippen LogP) is 5.48. The van der Waals surface area contributed by atoms with E-state index in [1.807, 2.05) is 61.5 Å². The monoisotopic (exact) mass is 410 g/mol. The summed E-state index contributed by atoms with van der Waals surface area (Å²) in [5, 5.41) is 6.11. The molecule has 3 aromatic carbocycles. The maximum atomic E-state index is 12.8. The number of hydrogen-bond donors (Lipinski definition) is 2. The molecule has 4 heteroatoms. The lowest BCUT2D eigenvalue weighted by Gasteiger charge is -2.12. The topological polar surface area (TPSA) is 58.2 Å². The minimum Gasteiger partial charge on any atom is -0.326 e.